The number of aryl methyl sites for hydroxylation is 2. The molecule has 0 heterocycles. The molecule has 0 atom stereocenters. The zero-order valence-electron chi connectivity index (χ0n) is 14.0. The minimum Gasteiger partial charge on any atom is -0.356 e. The van der Waals surface area contributed by atoms with Crippen molar-refractivity contribution in [2.24, 2.45) is 0 Å². The average molecular weight is 298 g/mol. The highest BCUT2D eigenvalue weighted by Gasteiger charge is 2.15. The summed E-state index contributed by atoms with van der Waals surface area (Å²) in [5.74, 6) is 0. The Hall–Kier alpha value is -1.54. The first-order valence-corrected chi connectivity index (χ1v) is 11.4. The maximum Gasteiger partial charge on any atom is 0.0775 e. The largest absolute Gasteiger partial charge is 0.356 e. The predicted octanol–water partition coefficient (Wildman–Crippen LogP) is 5.10. The molecular formula is C19H27NSi. The fourth-order valence-corrected chi connectivity index (χ4v) is 3.63. The molecule has 0 aliphatic heterocycles. The standard InChI is InChI=1S/C19H27NSi/c1-6-15-12-16(7-2)14-18(13-15)20-17-8-10-19(11-9-17)21(3,4)5/h8-14,20H,6-7H2,1-5H3. The Labute approximate surface area is 130 Å². The Morgan fingerprint density at radius 3 is 1.71 bits per heavy atom. The number of benzene rings is 2. The van der Waals surface area contributed by atoms with Crippen molar-refractivity contribution < 1.29 is 0 Å². The third-order valence-electron chi connectivity index (χ3n) is 3.91. The summed E-state index contributed by atoms with van der Waals surface area (Å²) in [5, 5.41) is 5.05. The van der Waals surface area contributed by atoms with E-state index in [1.54, 1.807) is 0 Å². The van der Waals surface area contributed by atoms with Gasteiger partial charge in [-0.2, -0.15) is 0 Å². The van der Waals surface area contributed by atoms with Crippen molar-refractivity contribution in [3.05, 3.63) is 53.6 Å². The number of anilines is 2. The van der Waals surface area contributed by atoms with Crippen LogP contribution in [-0.4, -0.2) is 8.07 Å². The van der Waals surface area contributed by atoms with E-state index in [-0.39, 0.29) is 0 Å². The lowest BCUT2D eigenvalue weighted by Gasteiger charge is -2.17. The maximum absolute atomic E-state index is 3.55. The Balaban J connectivity index is 2.22. The van der Waals surface area contributed by atoms with Crippen molar-refractivity contribution in [2.75, 3.05) is 5.32 Å². The van der Waals surface area contributed by atoms with Gasteiger partial charge < -0.3 is 5.32 Å². The van der Waals surface area contributed by atoms with E-state index >= 15 is 0 Å². The van der Waals surface area contributed by atoms with Gasteiger partial charge in [-0.25, -0.2) is 0 Å². The van der Waals surface area contributed by atoms with Crippen molar-refractivity contribution in [2.45, 2.75) is 46.3 Å². The van der Waals surface area contributed by atoms with E-state index in [9.17, 15) is 0 Å². The van der Waals surface area contributed by atoms with Crippen molar-refractivity contribution >= 4 is 24.6 Å². The SMILES string of the molecule is CCc1cc(CC)cc(Nc2ccc([Si](C)(C)C)cc2)c1. The van der Waals surface area contributed by atoms with Crippen LogP contribution in [0.25, 0.3) is 0 Å². The minimum atomic E-state index is -1.21. The minimum absolute atomic E-state index is 1.08. The lowest BCUT2D eigenvalue weighted by Crippen LogP contribution is -2.37. The summed E-state index contributed by atoms with van der Waals surface area (Å²) >= 11 is 0. The first-order valence-electron chi connectivity index (χ1n) is 7.92. The molecule has 2 rings (SSSR count). The topological polar surface area (TPSA) is 12.0 Å². The molecule has 0 bridgehead atoms. The Morgan fingerprint density at radius 1 is 0.762 bits per heavy atom. The van der Waals surface area contributed by atoms with Crippen LogP contribution in [0.4, 0.5) is 11.4 Å². The van der Waals surface area contributed by atoms with E-state index in [0.717, 1.165) is 12.8 Å². The highest BCUT2D eigenvalue weighted by molar-refractivity contribution is 6.88. The Kier molecular flexibility index (Phi) is 4.89. The fourth-order valence-electron chi connectivity index (χ4n) is 2.46. The van der Waals surface area contributed by atoms with Gasteiger partial charge in [0, 0.05) is 11.4 Å². The second-order valence-electron chi connectivity index (χ2n) is 6.70. The Bertz CT molecular complexity index is 572. The lowest BCUT2D eigenvalue weighted by molar-refractivity contribution is 1.09. The van der Waals surface area contributed by atoms with Crippen molar-refractivity contribution in [1.29, 1.82) is 0 Å². The van der Waals surface area contributed by atoms with E-state index in [1.165, 1.54) is 27.7 Å². The predicted molar refractivity (Wildman–Crippen MR) is 97.9 cm³/mol. The average Bonchev–Trinajstić information content (AvgIpc) is 2.46. The van der Waals surface area contributed by atoms with Crippen LogP contribution in [0.15, 0.2) is 42.5 Å². The van der Waals surface area contributed by atoms with Crippen molar-refractivity contribution in [1.82, 2.24) is 0 Å². The monoisotopic (exact) mass is 297 g/mol. The van der Waals surface area contributed by atoms with Gasteiger partial charge in [-0.1, -0.05) is 56.9 Å². The molecule has 0 aromatic heterocycles. The molecule has 0 aliphatic carbocycles. The first kappa shape index (κ1) is 15.8. The van der Waals surface area contributed by atoms with Gasteiger partial charge in [-0.05, 0) is 48.2 Å². The highest BCUT2D eigenvalue weighted by atomic mass is 28.3. The van der Waals surface area contributed by atoms with Gasteiger partial charge in [-0.15, -0.1) is 0 Å². The van der Waals surface area contributed by atoms with Gasteiger partial charge in [0.05, 0.1) is 8.07 Å². The summed E-state index contributed by atoms with van der Waals surface area (Å²) in [6.07, 6.45) is 2.16. The van der Waals surface area contributed by atoms with Crippen molar-refractivity contribution in [3.63, 3.8) is 0 Å². The van der Waals surface area contributed by atoms with Crippen LogP contribution >= 0.6 is 0 Å². The van der Waals surface area contributed by atoms with E-state index in [1.807, 2.05) is 0 Å². The molecule has 2 aromatic carbocycles. The van der Waals surface area contributed by atoms with Gasteiger partial charge in [0.15, 0.2) is 0 Å². The van der Waals surface area contributed by atoms with Gasteiger partial charge >= 0.3 is 0 Å². The molecule has 0 fully saturated rings. The molecule has 0 saturated heterocycles. The van der Waals surface area contributed by atoms with Crippen LogP contribution in [0, 0.1) is 0 Å². The van der Waals surface area contributed by atoms with E-state index < -0.39 is 8.07 Å². The second-order valence-corrected chi connectivity index (χ2v) is 11.8. The normalized spacial score (nSPS) is 11.5. The third kappa shape index (κ3) is 4.21. The number of hydrogen-bond donors (Lipinski definition) is 1. The van der Waals surface area contributed by atoms with Crippen LogP contribution in [-0.2, 0) is 12.8 Å². The van der Waals surface area contributed by atoms with E-state index in [4.69, 9.17) is 0 Å². The molecule has 0 unspecified atom stereocenters. The highest BCUT2D eigenvalue weighted by Crippen LogP contribution is 2.21. The van der Waals surface area contributed by atoms with Crippen LogP contribution in [0.5, 0.6) is 0 Å². The summed E-state index contributed by atoms with van der Waals surface area (Å²) in [5.41, 5.74) is 5.17. The van der Waals surface area contributed by atoms with Crippen LogP contribution in [0.2, 0.25) is 19.6 Å². The number of rotatable bonds is 5. The van der Waals surface area contributed by atoms with E-state index in [0.29, 0.717) is 0 Å². The molecule has 2 aromatic rings. The van der Waals surface area contributed by atoms with E-state index in [2.05, 4.69) is 81.3 Å². The molecule has 21 heavy (non-hydrogen) atoms. The first-order chi connectivity index (χ1) is 9.92. The molecule has 0 aliphatic rings. The quantitative estimate of drug-likeness (QED) is 0.757. The second kappa shape index (κ2) is 6.48. The van der Waals surface area contributed by atoms with Gasteiger partial charge in [0.25, 0.3) is 0 Å². The van der Waals surface area contributed by atoms with Gasteiger partial charge in [0.2, 0.25) is 0 Å². The van der Waals surface area contributed by atoms with Crippen LogP contribution in [0.3, 0.4) is 0 Å². The molecular weight excluding hydrogens is 270 g/mol. The van der Waals surface area contributed by atoms with Crippen LogP contribution < -0.4 is 10.5 Å². The molecule has 2 heteroatoms. The summed E-state index contributed by atoms with van der Waals surface area (Å²) < 4.78 is 0. The van der Waals surface area contributed by atoms with Crippen molar-refractivity contribution in [3.8, 4) is 0 Å². The number of hydrogen-bond acceptors (Lipinski definition) is 1. The zero-order valence-corrected chi connectivity index (χ0v) is 15.0. The van der Waals surface area contributed by atoms with Crippen LogP contribution in [0.1, 0.15) is 25.0 Å². The maximum atomic E-state index is 3.55. The number of nitrogens with one attached hydrogen (secondary N) is 1. The Morgan fingerprint density at radius 2 is 1.29 bits per heavy atom. The smallest absolute Gasteiger partial charge is 0.0775 e. The molecule has 112 valence electrons. The molecule has 0 spiro atoms. The summed E-state index contributed by atoms with van der Waals surface area (Å²) in [6.45, 7) is 11.6. The zero-order chi connectivity index (χ0) is 15.5. The summed E-state index contributed by atoms with van der Waals surface area (Å²) in [6, 6.07) is 15.8. The summed E-state index contributed by atoms with van der Waals surface area (Å²) in [7, 11) is -1.21. The molecule has 1 N–H and O–H groups in total. The van der Waals surface area contributed by atoms with Gasteiger partial charge in [-0.3, -0.25) is 0 Å². The summed E-state index contributed by atoms with van der Waals surface area (Å²) in [4.78, 5) is 0. The molecule has 0 amide bonds. The lowest BCUT2D eigenvalue weighted by atomic mass is 10.1. The molecule has 0 radical (unpaired) electrons. The molecule has 1 nitrogen and oxygen atoms in total. The fraction of sp³-hybridized carbons (Fsp3) is 0.368. The van der Waals surface area contributed by atoms with Gasteiger partial charge in [0.1, 0.15) is 0 Å². The third-order valence-corrected chi connectivity index (χ3v) is 5.97. The molecule has 0 saturated carbocycles.